The second-order valence-electron chi connectivity index (χ2n) is 4.57. The summed E-state index contributed by atoms with van der Waals surface area (Å²) in [6.45, 7) is 4.85. The van der Waals surface area contributed by atoms with Gasteiger partial charge < -0.3 is 10.1 Å². The van der Waals surface area contributed by atoms with Crippen LogP contribution in [-0.2, 0) is 6.54 Å². The lowest BCUT2D eigenvalue weighted by atomic mass is 10.1. The number of ether oxygens (including phenoxy) is 1. The first kappa shape index (κ1) is 15.3. The van der Waals surface area contributed by atoms with E-state index < -0.39 is 0 Å². The third-order valence-corrected chi connectivity index (χ3v) is 3.27. The van der Waals surface area contributed by atoms with E-state index in [-0.39, 0.29) is 5.91 Å². The van der Waals surface area contributed by atoms with Gasteiger partial charge >= 0.3 is 0 Å². The standard InChI is InChI=1S/C16H17ClN2O2/c1-3-21-15-7-5-13(10-18-15)16(20)19-9-12-4-6-14(17)8-11(12)2/h4-8,10H,3,9H2,1-2H3,(H,19,20). The van der Waals surface area contributed by atoms with Gasteiger partial charge in [0, 0.05) is 23.8 Å². The molecule has 0 bridgehead atoms. The fourth-order valence-corrected chi connectivity index (χ4v) is 2.11. The van der Waals surface area contributed by atoms with E-state index in [9.17, 15) is 4.79 Å². The number of rotatable bonds is 5. The second-order valence-corrected chi connectivity index (χ2v) is 5.01. The van der Waals surface area contributed by atoms with Crippen molar-refractivity contribution >= 4 is 17.5 Å². The van der Waals surface area contributed by atoms with Crippen LogP contribution >= 0.6 is 11.6 Å². The number of carbonyl (C=O) groups excluding carboxylic acids is 1. The van der Waals surface area contributed by atoms with Gasteiger partial charge in [-0.3, -0.25) is 4.79 Å². The Kier molecular flexibility index (Phi) is 5.17. The molecule has 0 saturated heterocycles. The number of aryl methyl sites for hydroxylation is 1. The van der Waals surface area contributed by atoms with Gasteiger partial charge in [-0.1, -0.05) is 17.7 Å². The maximum atomic E-state index is 12.0. The fraction of sp³-hybridized carbons (Fsp3) is 0.250. The molecule has 1 N–H and O–H groups in total. The highest BCUT2D eigenvalue weighted by atomic mass is 35.5. The largest absolute Gasteiger partial charge is 0.478 e. The first-order valence-electron chi connectivity index (χ1n) is 6.72. The Hall–Kier alpha value is -2.07. The SMILES string of the molecule is CCOc1ccc(C(=O)NCc2ccc(Cl)cc2C)cn1. The summed E-state index contributed by atoms with van der Waals surface area (Å²) in [4.78, 5) is 16.1. The van der Waals surface area contributed by atoms with Crippen LogP contribution in [0.3, 0.4) is 0 Å². The summed E-state index contributed by atoms with van der Waals surface area (Å²) < 4.78 is 5.24. The van der Waals surface area contributed by atoms with E-state index in [0.29, 0.717) is 29.6 Å². The zero-order valence-corrected chi connectivity index (χ0v) is 12.8. The quantitative estimate of drug-likeness (QED) is 0.921. The molecule has 0 aliphatic rings. The van der Waals surface area contributed by atoms with Crippen LogP contribution in [0, 0.1) is 6.92 Å². The molecule has 0 unspecified atom stereocenters. The number of carbonyl (C=O) groups is 1. The molecule has 1 aromatic heterocycles. The molecule has 0 spiro atoms. The number of halogens is 1. The van der Waals surface area contributed by atoms with Crippen LogP contribution in [0.15, 0.2) is 36.5 Å². The molecule has 1 amide bonds. The maximum Gasteiger partial charge on any atom is 0.253 e. The summed E-state index contributed by atoms with van der Waals surface area (Å²) >= 11 is 5.91. The van der Waals surface area contributed by atoms with E-state index in [1.54, 1.807) is 12.1 Å². The summed E-state index contributed by atoms with van der Waals surface area (Å²) in [6.07, 6.45) is 1.51. The number of hydrogen-bond acceptors (Lipinski definition) is 3. The van der Waals surface area contributed by atoms with Crippen molar-refractivity contribution in [3.63, 3.8) is 0 Å². The molecule has 0 aliphatic carbocycles. The van der Waals surface area contributed by atoms with Gasteiger partial charge in [-0.05, 0) is 43.2 Å². The molecule has 5 heteroatoms. The minimum Gasteiger partial charge on any atom is -0.478 e. The molecule has 1 heterocycles. The van der Waals surface area contributed by atoms with Crippen LogP contribution in [-0.4, -0.2) is 17.5 Å². The van der Waals surface area contributed by atoms with Crippen molar-refractivity contribution in [3.8, 4) is 5.88 Å². The number of nitrogens with one attached hydrogen (secondary N) is 1. The van der Waals surface area contributed by atoms with E-state index >= 15 is 0 Å². The fourth-order valence-electron chi connectivity index (χ4n) is 1.88. The van der Waals surface area contributed by atoms with Crippen molar-refractivity contribution in [3.05, 3.63) is 58.2 Å². The van der Waals surface area contributed by atoms with Crippen molar-refractivity contribution in [1.82, 2.24) is 10.3 Å². The van der Waals surface area contributed by atoms with E-state index in [0.717, 1.165) is 11.1 Å². The molecule has 0 atom stereocenters. The highest BCUT2D eigenvalue weighted by Crippen LogP contribution is 2.15. The van der Waals surface area contributed by atoms with Crippen molar-refractivity contribution in [1.29, 1.82) is 0 Å². The van der Waals surface area contributed by atoms with Crippen LogP contribution in [0.1, 0.15) is 28.4 Å². The topological polar surface area (TPSA) is 51.2 Å². The van der Waals surface area contributed by atoms with Gasteiger partial charge in [-0.2, -0.15) is 0 Å². The number of benzene rings is 1. The van der Waals surface area contributed by atoms with Crippen LogP contribution in [0.25, 0.3) is 0 Å². The molecule has 1 aromatic carbocycles. The predicted molar refractivity (Wildman–Crippen MR) is 82.8 cm³/mol. The normalized spacial score (nSPS) is 10.2. The zero-order valence-electron chi connectivity index (χ0n) is 12.0. The lowest BCUT2D eigenvalue weighted by Crippen LogP contribution is -2.23. The lowest BCUT2D eigenvalue weighted by molar-refractivity contribution is 0.0950. The van der Waals surface area contributed by atoms with Gasteiger partial charge in [0.25, 0.3) is 5.91 Å². The van der Waals surface area contributed by atoms with E-state index in [1.807, 2.05) is 32.0 Å². The highest BCUT2D eigenvalue weighted by molar-refractivity contribution is 6.30. The molecular formula is C16H17ClN2O2. The zero-order chi connectivity index (χ0) is 15.2. The maximum absolute atomic E-state index is 12.0. The summed E-state index contributed by atoms with van der Waals surface area (Å²) in [5, 5.41) is 3.56. The van der Waals surface area contributed by atoms with Gasteiger partial charge in [0.2, 0.25) is 5.88 Å². The number of hydrogen-bond donors (Lipinski definition) is 1. The van der Waals surface area contributed by atoms with Crippen molar-refractivity contribution in [2.24, 2.45) is 0 Å². The average Bonchev–Trinajstić information content (AvgIpc) is 2.47. The second kappa shape index (κ2) is 7.09. The molecule has 2 rings (SSSR count). The minimum atomic E-state index is -0.167. The molecular weight excluding hydrogens is 288 g/mol. The number of amides is 1. The third kappa shape index (κ3) is 4.20. The highest BCUT2D eigenvalue weighted by Gasteiger charge is 2.07. The third-order valence-electron chi connectivity index (χ3n) is 3.03. The van der Waals surface area contributed by atoms with Gasteiger partial charge in [0.1, 0.15) is 0 Å². The molecule has 0 fully saturated rings. The Morgan fingerprint density at radius 2 is 2.14 bits per heavy atom. The first-order valence-corrected chi connectivity index (χ1v) is 7.10. The van der Waals surface area contributed by atoms with Crippen LogP contribution < -0.4 is 10.1 Å². The minimum absolute atomic E-state index is 0.167. The Bertz CT molecular complexity index is 627. The Labute approximate surface area is 129 Å². The van der Waals surface area contributed by atoms with Crippen molar-refractivity contribution < 1.29 is 9.53 Å². The van der Waals surface area contributed by atoms with E-state index in [4.69, 9.17) is 16.3 Å². The van der Waals surface area contributed by atoms with E-state index in [2.05, 4.69) is 10.3 Å². The monoisotopic (exact) mass is 304 g/mol. The van der Waals surface area contributed by atoms with Gasteiger partial charge in [0.15, 0.2) is 0 Å². The predicted octanol–water partition coefficient (Wildman–Crippen LogP) is 3.37. The molecule has 110 valence electrons. The molecule has 4 nitrogen and oxygen atoms in total. The molecule has 21 heavy (non-hydrogen) atoms. The van der Waals surface area contributed by atoms with Crippen LogP contribution in [0.4, 0.5) is 0 Å². The number of aromatic nitrogens is 1. The van der Waals surface area contributed by atoms with Crippen LogP contribution in [0.2, 0.25) is 5.02 Å². The Balaban J connectivity index is 1.98. The van der Waals surface area contributed by atoms with Crippen molar-refractivity contribution in [2.45, 2.75) is 20.4 Å². The molecule has 0 radical (unpaired) electrons. The first-order chi connectivity index (χ1) is 10.1. The molecule has 2 aromatic rings. The summed E-state index contributed by atoms with van der Waals surface area (Å²) in [7, 11) is 0. The van der Waals surface area contributed by atoms with Crippen LogP contribution in [0.5, 0.6) is 5.88 Å². The molecule has 0 aliphatic heterocycles. The summed E-state index contributed by atoms with van der Waals surface area (Å²) in [5.74, 6) is 0.350. The van der Waals surface area contributed by atoms with Crippen molar-refractivity contribution in [2.75, 3.05) is 6.61 Å². The van der Waals surface area contributed by atoms with Gasteiger partial charge in [-0.15, -0.1) is 0 Å². The number of pyridine rings is 1. The lowest BCUT2D eigenvalue weighted by Gasteiger charge is -2.09. The van der Waals surface area contributed by atoms with Gasteiger partial charge in [0.05, 0.1) is 12.2 Å². The molecule has 0 saturated carbocycles. The van der Waals surface area contributed by atoms with E-state index in [1.165, 1.54) is 6.20 Å². The smallest absolute Gasteiger partial charge is 0.253 e. The van der Waals surface area contributed by atoms with Gasteiger partial charge in [-0.25, -0.2) is 4.98 Å². The number of nitrogens with zero attached hydrogens (tertiary/aromatic N) is 1. The Morgan fingerprint density at radius 3 is 2.76 bits per heavy atom. The summed E-state index contributed by atoms with van der Waals surface area (Å²) in [5.41, 5.74) is 2.59. The average molecular weight is 305 g/mol. The summed E-state index contributed by atoms with van der Waals surface area (Å²) in [6, 6.07) is 8.98. The Morgan fingerprint density at radius 1 is 1.33 bits per heavy atom.